The molecule has 4 N–H and O–H groups in total. The van der Waals surface area contributed by atoms with Gasteiger partial charge in [0, 0.05) is 24.7 Å². The molecule has 0 aromatic heterocycles. The van der Waals surface area contributed by atoms with Gasteiger partial charge in [-0.05, 0) is 52.9 Å². The molecule has 0 radical (unpaired) electrons. The topological polar surface area (TPSA) is 76.4 Å². The molecule has 1 fully saturated rings. The molecular formula is C15H31N3O2. The van der Waals surface area contributed by atoms with Crippen LogP contribution < -0.4 is 16.4 Å². The van der Waals surface area contributed by atoms with E-state index in [0.29, 0.717) is 12.6 Å². The summed E-state index contributed by atoms with van der Waals surface area (Å²) >= 11 is 0. The minimum absolute atomic E-state index is 0.0502. The molecule has 20 heavy (non-hydrogen) atoms. The van der Waals surface area contributed by atoms with Gasteiger partial charge in [0.2, 0.25) is 0 Å². The zero-order valence-corrected chi connectivity index (χ0v) is 13.5. The lowest BCUT2D eigenvalue weighted by Crippen LogP contribution is -2.55. The fourth-order valence-corrected chi connectivity index (χ4v) is 2.67. The second-order valence-corrected chi connectivity index (χ2v) is 7.06. The van der Waals surface area contributed by atoms with Gasteiger partial charge in [-0.3, -0.25) is 0 Å². The van der Waals surface area contributed by atoms with Crippen molar-refractivity contribution in [2.75, 3.05) is 6.54 Å². The van der Waals surface area contributed by atoms with Crippen LogP contribution in [0.2, 0.25) is 0 Å². The van der Waals surface area contributed by atoms with E-state index < -0.39 is 5.60 Å². The Labute approximate surface area is 123 Å². The van der Waals surface area contributed by atoms with Gasteiger partial charge >= 0.3 is 6.09 Å². The molecule has 1 amide bonds. The molecule has 0 aromatic rings. The summed E-state index contributed by atoms with van der Waals surface area (Å²) in [5.41, 5.74) is 5.36. The van der Waals surface area contributed by atoms with Crippen molar-refractivity contribution in [3.05, 3.63) is 0 Å². The Balaban J connectivity index is 2.42. The van der Waals surface area contributed by atoms with Crippen molar-refractivity contribution < 1.29 is 9.53 Å². The van der Waals surface area contributed by atoms with Gasteiger partial charge in [0.05, 0.1) is 0 Å². The van der Waals surface area contributed by atoms with Crippen LogP contribution in [0.5, 0.6) is 0 Å². The molecule has 1 saturated carbocycles. The molecular weight excluding hydrogens is 254 g/mol. The second kappa shape index (κ2) is 7.27. The first-order chi connectivity index (χ1) is 9.21. The molecule has 1 aliphatic carbocycles. The molecule has 0 saturated heterocycles. The van der Waals surface area contributed by atoms with Crippen LogP contribution in [-0.4, -0.2) is 36.4 Å². The van der Waals surface area contributed by atoms with Gasteiger partial charge < -0.3 is 21.1 Å². The van der Waals surface area contributed by atoms with Crippen molar-refractivity contribution in [2.24, 2.45) is 11.7 Å². The van der Waals surface area contributed by atoms with Gasteiger partial charge in [-0.1, -0.05) is 6.92 Å². The van der Waals surface area contributed by atoms with Gasteiger partial charge in [-0.15, -0.1) is 0 Å². The van der Waals surface area contributed by atoms with Gasteiger partial charge in [0.25, 0.3) is 0 Å². The summed E-state index contributed by atoms with van der Waals surface area (Å²) in [7, 11) is 0. The average molecular weight is 285 g/mol. The van der Waals surface area contributed by atoms with Crippen molar-refractivity contribution in [1.82, 2.24) is 10.6 Å². The molecule has 0 aromatic carbocycles. The highest BCUT2D eigenvalue weighted by Gasteiger charge is 2.27. The summed E-state index contributed by atoms with van der Waals surface area (Å²) in [6.45, 7) is 10.3. The first-order valence-corrected chi connectivity index (χ1v) is 7.67. The van der Waals surface area contributed by atoms with Crippen LogP contribution >= 0.6 is 0 Å². The standard InChI is InChI=1S/C15H31N3O2/c1-10-6-7-12(8-10)18-13(9-16)11(2)17-14(19)20-15(3,4)5/h10-13,18H,6-9,16H2,1-5H3,(H,17,19). The van der Waals surface area contributed by atoms with E-state index in [1.807, 2.05) is 27.7 Å². The third kappa shape index (κ3) is 6.09. The number of alkyl carbamates (subject to hydrolysis) is 1. The van der Waals surface area contributed by atoms with E-state index in [1.165, 1.54) is 19.3 Å². The zero-order valence-electron chi connectivity index (χ0n) is 13.5. The van der Waals surface area contributed by atoms with Crippen LogP contribution in [0.4, 0.5) is 4.79 Å². The lowest BCUT2D eigenvalue weighted by molar-refractivity contribution is 0.0497. The lowest BCUT2D eigenvalue weighted by atomic mass is 10.1. The van der Waals surface area contributed by atoms with Gasteiger partial charge in [-0.25, -0.2) is 4.79 Å². The SMILES string of the molecule is CC1CCC(NC(CN)C(C)NC(=O)OC(C)(C)C)C1. The number of amides is 1. The van der Waals surface area contributed by atoms with Crippen molar-refractivity contribution in [3.63, 3.8) is 0 Å². The van der Waals surface area contributed by atoms with E-state index >= 15 is 0 Å². The predicted molar refractivity (Wildman–Crippen MR) is 81.6 cm³/mol. The Morgan fingerprint density at radius 3 is 2.50 bits per heavy atom. The highest BCUT2D eigenvalue weighted by Crippen LogP contribution is 2.25. The summed E-state index contributed by atoms with van der Waals surface area (Å²) in [4.78, 5) is 11.8. The Kier molecular flexibility index (Phi) is 6.27. The van der Waals surface area contributed by atoms with Gasteiger partial charge in [-0.2, -0.15) is 0 Å². The number of rotatable bonds is 5. The van der Waals surface area contributed by atoms with Crippen molar-refractivity contribution in [2.45, 2.75) is 77.6 Å². The number of ether oxygens (including phenoxy) is 1. The van der Waals surface area contributed by atoms with Crippen LogP contribution in [-0.2, 0) is 4.74 Å². The fraction of sp³-hybridized carbons (Fsp3) is 0.933. The first-order valence-electron chi connectivity index (χ1n) is 7.67. The highest BCUT2D eigenvalue weighted by atomic mass is 16.6. The molecule has 5 heteroatoms. The number of hydrogen-bond acceptors (Lipinski definition) is 4. The summed E-state index contributed by atoms with van der Waals surface area (Å²) in [6.07, 6.45) is 3.26. The van der Waals surface area contributed by atoms with Crippen LogP contribution in [0.15, 0.2) is 0 Å². The molecule has 0 spiro atoms. The summed E-state index contributed by atoms with van der Waals surface area (Å²) in [6, 6.07) is 0.546. The smallest absolute Gasteiger partial charge is 0.407 e. The minimum atomic E-state index is -0.476. The Morgan fingerprint density at radius 2 is 2.05 bits per heavy atom. The molecule has 4 unspecified atom stereocenters. The van der Waals surface area contributed by atoms with Gasteiger partial charge in [0.15, 0.2) is 0 Å². The number of nitrogens with two attached hydrogens (primary N) is 1. The number of carbonyl (C=O) groups excluding carboxylic acids is 1. The predicted octanol–water partition coefficient (Wildman–Crippen LogP) is 2.01. The zero-order chi connectivity index (χ0) is 15.3. The maximum absolute atomic E-state index is 11.8. The second-order valence-electron chi connectivity index (χ2n) is 7.06. The van der Waals surface area contributed by atoms with Gasteiger partial charge in [0.1, 0.15) is 5.60 Å². The monoisotopic (exact) mass is 285 g/mol. The lowest BCUT2D eigenvalue weighted by Gasteiger charge is -2.29. The third-order valence-electron chi connectivity index (χ3n) is 3.75. The van der Waals surface area contributed by atoms with Crippen molar-refractivity contribution >= 4 is 6.09 Å². The fourth-order valence-electron chi connectivity index (χ4n) is 2.67. The van der Waals surface area contributed by atoms with E-state index in [4.69, 9.17) is 10.5 Å². The molecule has 118 valence electrons. The minimum Gasteiger partial charge on any atom is -0.444 e. The molecule has 1 aliphatic rings. The molecule has 0 heterocycles. The van der Waals surface area contributed by atoms with Crippen LogP contribution in [0, 0.1) is 5.92 Å². The van der Waals surface area contributed by atoms with E-state index in [9.17, 15) is 4.79 Å². The van der Waals surface area contributed by atoms with E-state index in [0.717, 1.165) is 5.92 Å². The largest absolute Gasteiger partial charge is 0.444 e. The Morgan fingerprint density at radius 1 is 1.40 bits per heavy atom. The molecule has 4 atom stereocenters. The quantitative estimate of drug-likeness (QED) is 0.722. The average Bonchev–Trinajstić information content (AvgIpc) is 2.68. The molecule has 5 nitrogen and oxygen atoms in total. The first kappa shape index (κ1) is 17.2. The number of carbonyl (C=O) groups is 1. The molecule has 0 bridgehead atoms. The maximum atomic E-state index is 11.8. The Hall–Kier alpha value is -0.810. The summed E-state index contributed by atoms with van der Waals surface area (Å²) in [5.74, 6) is 0.778. The van der Waals surface area contributed by atoms with Crippen LogP contribution in [0.25, 0.3) is 0 Å². The Bertz CT molecular complexity index is 315. The summed E-state index contributed by atoms with van der Waals surface area (Å²) < 4.78 is 5.27. The number of hydrogen-bond donors (Lipinski definition) is 3. The summed E-state index contributed by atoms with van der Waals surface area (Å²) in [5, 5.41) is 6.44. The maximum Gasteiger partial charge on any atom is 0.407 e. The van der Waals surface area contributed by atoms with Crippen LogP contribution in [0.3, 0.4) is 0 Å². The normalized spacial score (nSPS) is 26.1. The van der Waals surface area contributed by atoms with E-state index in [2.05, 4.69) is 17.6 Å². The third-order valence-corrected chi connectivity index (χ3v) is 3.75. The molecule has 0 aliphatic heterocycles. The number of nitrogens with one attached hydrogen (secondary N) is 2. The van der Waals surface area contributed by atoms with Crippen molar-refractivity contribution in [1.29, 1.82) is 0 Å². The van der Waals surface area contributed by atoms with Crippen molar-refractivity contribution in [3.8, 4) is 0 Å². The van der Waals surface area contributed by atoms with E-state index in [1.54, 1.807) is 0 Å². The molecule has 1 rings (SSSR count). The highest BCUT2D eigenvalue weighted by molar-refractivity contribution is 5.68. The van der Waals surface area contributed by atoms with E-state index in [-0.39, 0.29) is 18.2 Å². The van der Waals surface area contributed by atoms with Crippen LogP contribution in [0.1, 0.15) is 53.9 Å².